The van der Waals surface area contributed by atoms with Crippen LogP contribution in [0.15, 0.2) is 54.6 Å². The molecule has 5 nitrogen and oxygen atoms in total. The molecule has 0 saturated carbocycles. The van der Waals surface area contributed by atoms with Crippen LogP contribution in [0, 0.1) is 6.92 Å². The normalized spacial score (nSPS) is 11.8. The maximum absolute atomic E-state index is 12.4. The third-order valence-electron chi connectivity index (χ3n) is 4.13. The van der Waals surface area contributed by atoms with Crippen LogP contribution in [0.2, 0.25) is 0 Å². The molecule has 0 aliphatic heterocycles. The first-order valence-electron chi connectivity index (χ1n) is 8.14. The molecule has 25 heavy (non-hydrogen) atoms. The second kappa shape index (κ2) is 7.21. The van der Waals surface area contributed by atoms with Gasteiger partial charge >= 0.3 is 0 Å². The summed E-state index contributed by atoms with van der Waals surface area (Å²) >= 11 is 0. The number of hydrogen-bond acceptors (Lipinski definition) is 3. The highest BCUT2D eigenvalue weighted by molar-refractivity contribution is 5.93. The van der Waals surface area contributed by atoms with Crippen molar-refractivity contribution in [1.29, 1.82) is 0 Å². The second-order valence-electron chi connectivity index (χ2n) is 6.00. The van der Waals surface area contributed by atoms with Crippen LogP contribution >= 0.6 is 0 Å². The third-order valence-corrected chi connectivity index (χ3v) is 4.13. The highest BCUT2D eigenvalue weighted by Gasteiger charge is 2.14. The van der Waals surface area contributed by atoms with Crippen molar-refractivity contribution < 1.29 is 9.53 Å². The lowest BCUT2D eigenvalue weighted by Gasteiger charge is -2.14. The van der Waals surface area contributed by atoms with Crippen LogP contribution in [-0.4, -0.2) is 23.2 Å². The highest BCUT2D eigenvalue weighted by Crippen LogP contribution is 2.20. The van der Waals surface area contributed by atoms with Gasteiger partial charge in [0.05, 0.1) is 18.8 Å². The predicted octanol–water partition coefficient (Wildman–Crippen LogP) is 3.88. The number of rotatable bonds is 5. The Balaban J connectivity index is 1.69. The van der Waals surface area contributed by atoms with Gasteiger partial charge in [-0.25, -0.2) is 0 Å². The molecular formula is C20H21N3O2. The first-order chi connectivity index (χ1) is 12.1. The van der Waals surface area contributed by atoms with Gasteiger partial charge in [-0.2, -0.15) is 5.10 Å². The van der Waals surface area contributed by atoms with Crippen LogP contribution in [0.5, 0.6) is 5.75 Å². The minimum atomic E-state index is -0.186. The van der Waals surface area contributed by atoms with Crippen molar-refractivity contribution in [3.8, 4) is 17.0 Å². The van der Waals surface area contributed by atoms with Gasteiger partial charge in [0.2, 0.25) is 0 Å². The number of methoxy groups -OCH3 is 1. The first-order valence-corrected chi connectivity index (χ1v) is 8.14. The molecule has 1 amide bonds. The molecule has 0 radical (unpaired) electrons. The van der Waals surface area contributed by atoms with Gasteiger partial charge in [0.15, 0.2) is 0 Å². The third kappa shape index (κ3) is 3.88. The van der Waals surface area contributed by atoms with Crippen LogP contribution in [0.4, 0.5) is 0 Å². The first kappa shape index (κ1) is 16.8. The summed E-state index contributed by atoms with van der Waals surface area (Å²) in [6, 6.07) is 17.3. The van der Waals surface area contributed by atoms with Crippen molar-refractivity contribution in [1.82, 2.24) is 15.5 Å². The van der Waals surface area contributed by atoms with E-state index in [0.29, 0.717) is 5.69 Å². The van der Waals surface area contributed by atoms with E-state index >= 15 is 0 Å². The molecule has 3 aromatic rings. The minimum absolute atomic E-state index is 0.121. The number of nitrogens with zero attached hydrogens (tertiary/aromatic N) is 1. The van der Waals surface area contributed by atoms with Crippen LogP contribution in [-0.2, 0) is 0 Å². The van der Waals surface area contributed by atoms with Gasteiger partial charge in [-0.15, -0.1) is 0 Å². The number of amides is 1. The fourth-order valence-corrected chi connectivity index (χ4v) is 2.56. The summed E-state index contributed by atoms with van der Waals surface area (Å²) in [7, 11) is 1.63. The summed E-state index contributed by atoms with van der Waals surface area (Å²) in [6.07, 6.45) is 0. The Kier molecular flexibility index (Phi) is 4.84. The van der Waals surface area contributed by atoms with E-state index in [4.69, 9.17) is 4.74 Å². The minimum Gasteiger partial charge on any atom is -0.497 e. The Morgan fingerprint density at radius 2 is 1.80 bits per heavy atom. The van der Waals surface area contributed by atoms with Crippen molar-refractivity contribution in [2.24, 2.45) is 0 Å². The maximum Gasteiger partial charge on any atom is 0.269 e. The lowest BCUT2D eigenvalue weighted by Crippen LogP contribution is -2.26. The molecule has 3 rings (SSSR count). The fraction of sp³-hybridized carbons (Fsp3) is 0.200. The average Bonchev–Trinajstić information content (AvgIpc) is 3.12. The molecule has 0 saturated heterocycles. The van der Waals surface area contributed by atoms with E-state index in [1.165, 1.54) is 5.56 Å². The largest absolute Gasteiger partial charge is 0.497 e. The average molecular weight is 335 g/mol. The quantitative estimate of drug-likeness (QED) is 0.743. The summed E-state index contributed by atoms with van der Waals surface area (Å²) < 4.78 is 5.15. The summed E-state index contributed by atoms with van der Waals surface area (Å²) in [6.45, 7) is 3.98. The van der Waals surface area contributed by atoms with Crippen molar-refractivity contribution >= 4 is 5.91 Å². The van der Waals surface area contributed by atoms with E-state index < -0.39 is 0 Å². The molecule has 1 aromatic heterocycles. The van der Waals surface area contributed by atoms with E-state index in [2.05, 4.69) is 15.5 Å². The molecule has 0 fully saturated rings. The summed E-state index contributed by atoms with van der Waals surface area (Å²) in [5, 5.41) is 10.0. The van der Waals surface area contributed by atoms with Crippen molar-refractivity contribution in [2.45, 2.75) is 19.9 Å². The van der Waals surface area contributed by atoms with Crippen molar-refractivity contribution in [2.75, 3.05) is 7.11 Å². The lowest BCUT2D eigenvalue weighted by molar-refractivity contribution is 0.0935. The number of hydrogen-bond donors (Lipinski definition) is 2. The van der Waals surface area contributed by atoms with Crippen molar-refractivity contribution in [3.63, 3.8) is 0 Å². The van der Waals surface area contributed by atoms with Gasteiger partial charge in [0.25, 0.3) is 5.91 Å². The van der Waals surface area contributed by atoms with Crippen LogP contribution < -0.4 is 10.1 Å². The fourth-order valence-electron chi connectivity index (χ4n) is 2.56. The molecule has 0 aliphatic carbocycles. The molecule has 1 atom stereocenters. The molecule has 1 unspecified atom stereocenters. The van der Waals surface area contributed by atoms with E-state index in [1.54, 1.807) is 13.2 Å². The summed E-state index contributed by atoms with van der Waals surface area (Å²) in [4.78, 5) is 12.4. The van der Waals surface area contributed by atoms with Crippen LogP contribution in [0.25, 0.3) is 11.3 Å². The molecule has 2 aromatic carbocycles. The van der Waals surface area contributed by atoms with Crippen LogP contribution in [0.3, 0.4) is 0 Å². The molecule has 1 heterocycles. The Hall–Kier alpha value is -3.08. The Morgan fingerprint density at radius 1 is 1.12 bits per heavy atom. The van der Waals surface area contributed by atoms with E-state index in [0.717, 1.165) is 22.6 Å². The molecule has 5 heteroatoms. The number of aryl methyl sites for hydroxylation is 1. The number of aromatic amines is 1. The zero-order valence-electron chi connectivity index (χ0n) is 14.5. The monoisotopic (exact) mass is 335 g/mol. The van der Waals surface area contributed by atoms with E-state index in [1.807, 2.05) is 62.4 Å². The number of carbonyl (C=O) groups is 1. The van der Waals surface area contributed by atoms with Gasteiger partial charge in [-0.05, 0) is 37.6 Å². The molecule has 2 N–H and O–H groups in total. The van der Waals surface area contributed by atoms with Gasteiger partial charge in [-0.3, -0.25) is 9.89 Å². The molecule has 0 spiro atoms. The smallest absolute Gasteiger partial charge is 0.269 e. The number of nitrogens with one attached hydrogen (secondary N) is 2. The topological polar surface area (TPSA) is 67.0 Å². The number of aromatic nitrogens is 2. The van der Waals surface area contributed by atoms with Gasteiger partial charge in [0.1, 0.15) is 11.4 Å². The number of carbonyl (C=O) groups excluding carboxylic acids is 1. The molecule has 0 bridgehead atoms. The summed E-state index contributed by atoms with van der Waals surface area (Å²) in [5.74, 6) is 0.604. The Labute approximate surface area is 147 Å². The number of H-pyrrole nitrogens is 1. The van der Waals surface area contributed by atoms with Gasteiger partial charge < -0.3 is 10.1 Å². The molecular weight excluding hydrogens is 314 g/mol. The number of benzene rings is 2. The molecule has 0 aliphatic rings. The zero-order chi connectivity index (χ0) is 17.8. The Morgan fingerprint density at radius 3 is 2.44 bits per heavy atom. The zero-order valence-corrected chi connectivity index (χ0v) is 14.5. The summed E-state index contributed by atoms with van der Waals surface area (Å²) in [5.41, 5.74) is 4.36. The van der Waals surface area contributed by atoms with E-state index in [9.17, 15) is 4.79 Å². The van der Waals surface area contributed by atoms with Crippen LogP contribution in [0.1, 0.15) is 34.6 Å². The highest BCUT2D eigenvalue weighted by atomic mass is 16.5. The number of ether oxygens (including phenoxy) is 1. The standard InChI is InChI=1S/C20H21N3O2/c1-13-4-6-16(7-5-13)18-12-19(23-22-18)20(24)21-14(2)15-8-10-17(25-3)11-9-15/h4-12,14H,1-3H3,(H,21,24)(H,22,23). The van der Waals surface area contributed by atoms with Gasteiger partial charge in [-0.1, -0.05) is 42.0 Å². The molecule has 128 valence electrons. The lowest BCUT2D eigenvalue weighted by atomic mass is 10.1. The Bertz CT molecular complexity index is 851. The van der Waals surface area contributed by atoms with Gasteiger partial charge in [0, 0.05) is 5.56 Å². The maximum atomic E-state index is 12.4. The van der Waals surface area contributed by atoms with E-state index in [-0.39, 0.29) is 11.9 Å². The SMILES string of the molecule is COc1ccc(C(C)NC(=O)c2cc(-c3ccc(C)cc3)n[nH]2)cc1. The van der Waals surface area contributed by atoms with Crippen molar-refractivity contribution in [3.05, 3.63) is 71.4 Å². The predicted molar refractivity (Wildman–Crippen MR) is 97.6 cm³/mol. The second-order valence-corrected chi connectivity index (χ2v) is 6.00.